The molecule has 152 valence electrons. The van der Waals surface area contributed by atoms with E-state index >= 15 is 0 Å². The van der Waals surface area contributed by atoms with Gasteiger partial charge in [-0.05, 0) is 36.6 Å². The summed E-state index contributed by atoms with van der Waals surface area (Å²) >= 11 is 0. The van der Waals surface area contributed by atoms with Gasteiger partial charge in [0, 0.05) is 19.6 Å². The van der Waals surface area contributed by atoms with Crippen molar-refractivity contribution in [2.24, 2.45) is 4.99 Å². The van der Waals surface area contributed by atoms with Crippen molar-refractivity contribution in [2.75, 3.05) is 25.4 Å². The molecule has 0 atom stereocenters. The first-order valence-electron chi connectivity index (χ1n) is 9.26. The van der Waals surface area contributed by atoms with E-state index in [0.717, 1.165) is 11.1 Å². The monoisotopic (exact) mass is 406 g/mol. The van der Waals surface area contributed by atoms with E-state index in [0.29, 0.717) is 25.5 Å². The van der Waals surface area contributed by atoms with E-state index in [1.54, 1.807) is 6.07 Å². The number of benzene rings is 2. The molecule has 0 saturated carbocycles. The number of guanidine groups is 1. The van der Waals surface area contributed by atoms with Gasteiger partial charge in [0.2, 0.25) is 10.0 Å². The summed E-state index contributed by atoms with van der Waals surface area (Å²) in [6, 6.07) is 15.8. The molecule has 6 nitrogen and oxygen atoms in total. The number of sulfonamides is 1. The first kappa shape index (κ1) is 21.8. The molecule has 0 aliphatic carbocycles. The Balaban J connectivity index is 1.78. The van der Waals surface area contributed by atoms with Crippen LogP contribution < -0.4 is 15.4 Å². The average molecular weight is 407 g/mol. The third-order valence-corrected chi connectivity index (χ3v) is 5.21. The van der Waals surface area contributed by atoms with Gasteiger partial charge >= 0.3 is 0 Å². The minimum absolute atomic E-state index is 0.0969. The molecule has 0 heterocycles. The normalized spacial score (nSPS) is 12.0. The van der Waals surface area contributed by atoms with E-state index < -0.39 is 10.0 Å². The standard InChI is InChI=1S/C20H27FN4O2S/c1-2-22-20(23-12-11-17-9-6-10-19(21)15-17)24-13-14-28(26,27)25-16-18-7-4-3-5-8-18/h3-10,15,25H,2,11-14,16H2,1H3,(H2,22,23,24). The summed E-state index contributed by atoms with van der Waals surface area (Å²) in [7, 11) is -3.41. The van der Waals surface area contributed by atoms with Crippen LogP contribution in [0.2, 0.25) is 0 Å². The van der Waals surface area contributed by atoms with Crippen molar-refractivity contribution in [1.82, 2.24) is 15.4 Å². The van der Waals surface area contributed by atoms with Gasteiger partial charge in [-0.15, -0.1) is 0 Å². The summed E-state index contributed by atoms with van der Waals surface area (Å²) in [5.41, 5.74) is 1.79. The quantitative estimate of drug-likeness (QED) is 0.417. The zero-order valence-corrected chi connectivity index (χ0v) is 16.8. The molecule has 0 saturated heterocycles. The molecule has 0 aromatic heterocycles. The van der Waals surface area contributed by atoms with E-state index in [2.05, 4.69) is 20.3 Å². The minimum Gasteiger partial charge on any atom is -0.357 e. The molecule has 0 aliphatic rings. The van der Waals surface area contributed by atoms with Crippen LogP contribution in [0, 0.1) is 5.82 Å². The lowest BCUT2D eigenvalue weighted by Gasteiger charge is -2.11. The van der Waals surface area contributed by atoms with E-state index in [9.17, 15) is 12.8 Å². The first-order valence-corrected chi connectivity index (χ1v) is 10.9. The Morgan fingerprint density at radius 1 is 1.04 bits per heavy atom. The summed E-state index contributed by atoms with van der Waals surface area (Å²) in [5, 5.41) is 6.21. The predicted molar refractivity (Wildman–Crippen MR) is 111 cm³/mol. The molecule has 2 aromatic rings. The maximum absolute atomic E-state index is 13.2. The number of nitrogens with zero attached hydrogens (tertiary/aromatic N) is 1. The molecular weight excluding hydrogens is 379 g/mol. The van der Waals surface area contributed by atoms with Crippen LogP contribution in [-0.2, 0) is 23.0 Å². The van der Waals surface area contributed by atoms with Crippen molar-refractivity contribution in [3.05, 3.63) is 71.5 Å². The third-order valence-electron chi connectivity index (χ3n) is 3.91. The molecule has 2 rings (SSSR count). The first-order chi connectivity index (χ1) is 13.5. The zero-order valence-electron chi connectivity index (χ0n) is 16.0. The smallest absolute Gasteiger partial charge is 0.213 e. The molecule has 28 heavy (non-hydrogen) atoms. The van der Waals surface area contributed by atoms with Gasteiger partial charge in [-0.25, -0.2) is 17.5 Å². The molecule has 0 spiro atoms. The van der Waals surface area contributed by atoms with Crippen molar-refractivity contribution in [1.29, 1.82) is 0 Å². The lowest BCUT2D eigenvalue weighted by molar-refractivity contribution is 0.581. The highest BCUT2D eigenvalue weighted by molar-refractivity contribution is 7.89. The summed E-state index contributed by atoms with van der Waals surface area (Å²) < 4.78 is 40.0. The van der Waals surface area contributed by atoms with Gasteiger partial charge in [-0.1, -0.05) is 42.5 Å². The van der Waals surface area contributed by atoms with Crippen molar-refractivity contribution in [3.8, 4) is 0 Å². The molecule has 0 amide bonds. The number of hydrogen-bond acceptors (Lipinski definition) is 3. The lowest BCUT2D eigenvalue weighted by atomic mass is 10.1. The van der Waals surface area contributed by atoms with E-state index in [4.69, 9.17) is 0 Å². The fourth-order valence-corrected chi connectivity index (χ4v) is 3.36. The zero-order chi connectivity index (χ0) is 20.2. The number of hydrogen-bond donors (Lipinski definition) is 3. The Morgan fingerprint density at radius 3 is 2.50 bits per heavy atom. The molecule has 0 unspecified atom stereocenters. The molecule has 0 radical (unpaired) electrons. The number of aliphatic imine (C=N–C) groups is 1. The second kappa shape index (κ2) is 11.4. The second-order valence-electron chi connectivity index (χ2n) is 6.19. The number of nitrogens with one attached hydrogen (secondary N) is 3. The number of rotatable bonds is 10. The molecule has 0 aliphatic heterocycles. The van der Waals surface area contributed by atoms with Crippen molar-refractivity contribution in [3.63, 3.8) is 0 Å². The molecule has 0 bridgehead atoms. The van der Waals surface area contributed by atoms with Gasteiger partial charge in [-0.3, -0.25) is 4.99 Å². The minimum atomic E-state index is -3.41. The van der Waals surface area contributed by atoms with Crippen LogP contribution in [0.3, 0.4) is 0 Å². The topological polar surface area (TPSA) is 82.6 Å². The van der Waals surface area contributed by atoms with Crippen LogP contribution in [-0.4, -0.2) is 39.8 Å². The maximum atomic E-state index is 13.2. The van der Waals surface area contributed by atoms with Gasteiger partial charge in [-0.2, -0.15) is 0 Å². The van der Waals surface area contributed by atoms with Gasteiger partial charge in [0.25, 0.3) is 0 Å². The lowest BCUT2D eigenvalue weighted by Crippen LogP contribution is -2.39. The fraction of sp³-hybridized carbons (Fsp3) is 0.350. The van der Waals surface area contributed by atoms with Crippen LogP contribution in [0.1, 0.15) is 18.1 Å². The van der Waals surface area contributed by atoms with Crippen LogP contribution in [0.15, 0.2) is 59.6 Å². The largest absolute Gasteiger partial charge is 0.357 e. The predicted octanol–water partition coefficient (Wildman–Crippen LogP) is 2.04. The average Bonchev–Trinajstić information content (AvgIpc) is 2.67. The summed E-state index contributed by atoms with van der Waals surface area (Å²) in [5.74, 6) is 0.184. The SMILES string of the molecule is CCNC(=NCCS(=O)(=O)NCc1ccccc1)NCCc1cccc(F)c1. The summed E-state index contributed by atoms with van der Waals surface area (Å²) in [6.07, 6.45) is 0.638. The van der Waals surface area contributed by atoms with Crippen LogP contribution in [0.5, 0.6) is 0 Å². The van der Waals surface area contributed by atoms with Gasteiger partial charge < -0.3 is 10.6 Å². The van der Waals surface area contributed by atoms with E-state index in [1.807, 2.05) is 43.3 Å². The van der Waals surface area contributed by atoms with Crippen LogP contribution in [0.25, 0.3) is 0 Å². The highest BCUT2D eigenvalue weighted by Gasteiger charge is 2.09. The maximum Gasteiger partial charge on any atom is 0.213 e. The van der Waals surface area contributed by atoms with Gasteiger partial charge in [0.15, 0.2) is 5.96 Å². The van der Waals surface area contributed by atoms with E-state index in [-0.39, 0.29) is 24.7 Å². The van der Waals surface area contributed by atoms with Gasteiger partial charge in [0.1, 0.15) is 5.82 Å². The molecule has 8 heteroatoms. The summed E-state index contributed by atoms with van der Waals surface area (Å²) in [6.45, 7) is 3.55. The Kier molecular flexibility index (Phi) is 8.90. The van der Waals surface area contributed by atoms with Crippen LogP contribution >= 0.6 is 0 Å². The summed E-state index contributed by atoms with van der Waals surface area (Å²) in [4.78, 5) is 4.30. The Bertz CT molecular complexity index is 858. The third kappa shape index (κ3) is 8.49. The molecule has 2 aromatic carbocycles. The van der Waals surface area contributed by atoms with Crippen molar-refractivity contribution >= 4 is 16.0 Å². The van der Waals surface area contributed by atoms with Crippen LogP contribution in [0.4, 0.5) is 4.39 Å². The fourth-order valence-electron chi connectivity index (χ4n) is 2.50. The Morgan fingerprint density at radius 2 is 1.79 bits per heavy atom. The Hall–Kier alpha value is -2.45. The molecular formula is C20H27FN4O2S. The van der Waals surface area contributed by atoms with E-state index in [1.165, 1.54) is 12.1 Å². The second-order valence-corrected chi connectivity index (χ2v) is 8.12. The van der Waals surface area contributed by atoms with Gasteiger partial charge in [0.05, 0.1) is 12.3 Å². The molecule has 3 N–H and O–H groups in total. The highest BCUT2D eigenvalue weighted by atomic mass is 32.2. The number of halogens is 1. The highest BCUT2D eigenvalue weighted by Crippen LogP contribution is 2.03. The van der Waals surface area contributed by atoms with Crippen molar-refractivity contribution < 1.29 is 12.8 Å². The Labute approximate surface area is 166 Å². The van der Waals surface area contributed by atoms with Crippen molar-refractivity contribution in [2.45, 2.75) is 19.9 Å². The molecule has 0 fully saturated rings.